The summed E-state index contributed by atoms with van der Waals surface area (Å²) in [6.45, 7) is 2.24. The van der Waals surface area contributed by atoms with E-state index in [-0.39, 0.29) is 11.7 Å². The third-order valence-electron chi connectivity index (χ3n) is 5.45. The van der Waals surface area contributed by atoms with Gasteiger partial charge in [-0.25, -0.2) is 0 Å². The van der Waals surface area contributed by atoms with E-state index in [1.807, 2.05) is 0 Å². The van der Waals surface area contributed by atoms with E-state index in [0.29, 0.717) is 11.9 Å². The Morgan fingerprint density at radius 3 is 2.81 bits per heavy atom. The van der Waals surface area contributed by atoms with Gasteiger partial charge in [0.25, 0.3) is 0 Å². The van der Waals surface area contributed by atoms with Crippen LogP contribution in [0.4, 0.5) is 0 Å². The molecule has 114 valence electrons. The van der Waals surface area contributed by atoms with Gasteiger partial charge in [-0.05, 0) is 43.6 Å². The van der Waals surface area contributed by atoms with E-state index in [0.717, 1.165) is 18.8 Å². The molecule has 1 aromatic heterocycles. The summed E-state index contributed by atoms with van der Waals surface area (Å²) < 4.78 is 0. The van der Waals surface area contributed by atoms with Crippen LogP contribution in [-0.4, -0.2) is 22.4 Å². The molecule has 1 spiro atoms. The maximum atomic E-state index is 13.1. The van der Waals surface area contributed by atoms with Crippen molar-refractivity contribution >= 4 is 17.2 Å². The molecule has 3 fully saturated rings. The van der Waals surface area contributed by atoms with Gasteiger partial charge in [0.1, 0.15) is 6.17 Å². The first-order chi connectivity index (χ1) is 10.2. The lowest BCUT2D eigenvalue weighted by molar-refractivity contribution is -0.135. The molecule has 2 saturated carbocycles. The zero-order valence-electron chi connectivity index (χ0n) is 12.7. The van der Waals surface area contributed by atoms with Crippen LogP contribution in [0.3, 0.4) is 0 Å². The summed E-state index contributed by atoms with van der Waals surface area (Å²) in [6.07, 6.45) is 8.38. The number of nitrogens with zero attached hydrogens (tertiary/aromatic N) is 1. The summed E-state index contributed by atoms with van der Waals surface area (Å²) in [7, 11) is 0. The lowest BCUT2D eigenvalue weighted by atomic mass is 9.97. The first kappa shape index (κ1) is 13.8. The zero-order chi connectivity index (χ0) is 14.4. The van der Waals surface area contributed by atoms with Crippen molar-refractivity contribution in [2.75, 3.05) is 0 Å². The molecule has 1 amide bonds. The average Bonchev–Trinajstić information content (AvgIpc) is 2.94. The minimum Gasteiger partial charge on any atom is -0.318 e. The van der Waals surface area contributed by atoms with E-state index in [1.165, 1.54) is 37.0 Å². The lowest BCUT2D eigenvalue weighted by Crippen LogP contribution is -2.45. The van der Waals surface area contributed by atoms with Gasteiger partial charge in [-0.15, -0.1) is 11.3 Å². The molecule has 4 rings (SSSR count). The molecule has 1 aliphatic heterocycles. The average molecular weight is 304 g/mol. The molecule has 4 heteroatoms. The Labute approximate surface area is 130 Å². The Balaban J connectivity index is 1.63. The zero-order valence-corrected chi connectivity index (χ0v) is 13.5. The summed E-state index contributed by atoms with van der Waals surface area (Å²) >= 11 is 1.76. The van der Waals surface area contributed by atoms with Gasteiger partial charge in [0.15, 0.2) is 0 Å². The van der Waals surface area contributed by atoms with Gasteiger partial charge in [-0.3, -0.25) is 10.1 Å². The second kappa shape index (κ2) is 5.10. The molecule has 2 unspecified atom stereocenters. The molecule has 0 aromatic carbocycles. The van der Waals surface area contributed by atoms with Crippen LogP contribution in [0.5, 0.6) is 0 Å². The number of carbonyl (C=O) groups excluding carboxylic acids is 1. The van der Waals surface area contributed by atoms with Gasteiger partial charge in [0.05, 0.1) is 5.54 Å². The Hall–Kier alpha value is -0.870. The van der Waals surface area contributed by atoms with E-state index >= 15 is 0 Å². The van der Waals surface area contributed by atoms with Crippen molar-refractivity contribution in [3.63, 3.8) is 0 Å². The fourth-order valence-electron chi connectivity index (χ4n) is 4.15. The van der Waals surface area contributed by atoms with Crippen LogP contribution in [0, 0.1) is 5.92 Å². The van der Waals surface area contributed by atoms with Crippen molar-refractivity contribution in [3.8, 4) is 0 Å². The third-order valence-corrected chi connectivity index (χ3v) is 6.38. The Morgan fingerprint density at radius 2 is 2.19 bits per heavy atom. The maximum absolute atomic E-state index is 13.1. The minimum absolute atomic E-state index is 0.101. The third kappa shape index (κ3) is 2.33. The summed E-state index contributed by atoms with van der Waals surface area (Å²) in [5.41, 5.74) is -0.257. The molecule has 1 saturated heterocycles. The van der Waals surface area contributed by atoms with E-state index in [9.17, 15) is 4.79 Å². The molecule has 3 nitrogen and oxygen atoms in total. The van der Waals surface area contributed by atoms with Crippen LogP contribution >= 0.6 is 11.3 Å². The molecule has 2 atom stereocenters. The van der Waals surface area contributed by atoms with Crippen LogP contribution in [0.1, 0.15) is 62.9 Å². The topological polar surface area (TPSA) is 32.3 Å². The number of rotatable bonds is 4. The number of hydrogen-bond acceptors (Lipinski definition) is 3. The number of thiophene rings is 1. The molecule has 0 radical (unpaired) electrons. The largest absolute Gasteiger partial charge is 0.318 e. The smallest absolute Gasteiger partial charge is 0.244 e. The number of hydrogen-bond donors (Lipinski definition) is 1. The molecule has 1 aromatic rings. The fraction of sp³-hybridized carbons (Fsp3) is 0.706. The standard InChI is InChI=1S/C17H24N2OS/c1-12(11-13-6-7-13)19-15(14-5-4-10-21-14)18-17(16(19)20)8-2-3-9-17/h4-5,10,12-13,15,18H,2-3,6-9,11H2,1H3. The van der Waals surface area contributed by atoms with Crippen LogP contribution in [0.15, 0.2) is 17.5 Å². The highest BCUT2D eigenvalue weighted by Gasteiger charge is 2.54. The van der Waals surface area contributed by atoms with Crippen LogP contribution in [-0.2, 0) is 4.79 Å². The van der Waals surface area contributed by atoms with Crippen molar-refractivity contribution < 1.29 is 4.79 Å². The van der Waals surface area contributed by atoms with Gasteiger partial charge in [0, 0.05) is 10.9 Å². The quantitative estimate of drug-likeness (QED) is 0.920. The summed E-state index contributed by atoms with van der Waals surface area (Å²) in [5, 5.41) is 5.85. The summed E-state index contributed by atoms with van der Waals surface area (Å²) in [5.74, 6) is 1.23. The van der Waals surface area contributed by atoms with E-state index in [2.05, 4.69) is 34.7 Å². The van der Waals surface area contributed by atoms with Crippen LogP contribution < -0.4 is 5.32 Å². The van der Waals surface area contributed by atoms with E-state index < -0.39 is 0 Å². The van der Waals surface area contributed by atoms with E-state index in [1.54, 1.807) is 11.3 Å². The van der Waals surface area contributed by atoms with Crippen molar-refractivity contribution in [1.29, 1.82) is 0 Å². The van der Waals surface area contributed by atoms with Crippen molar-refractivity contribution in [2.45, 2.75) is 69.6 Å². The van der Waals surface area contributed by atoms with E-state index in [4.69, 9.17) is 0 Å². The highest BCUT2D eigenvalue weighted by Crippen LogP contribution is 2.44. The molecule has 0 bridgehead atoms. The number of nitrogens with one attached hydrogen (secondary N) is 1. The van der Waals surface area contributed by atoms with Gasteiger partial charge < -0.3 is 4.90 Å². The SMILES string of the molecule is CC(CC1CC1)N1C(=O)C2(CCCC2)NC1c1cccs1. The van der Waals surface area contributed by atoms with Crippen molar-refractivity contribution in [2.24, 2.45) is 5.92 Å². The Morgan fingerprint density at radius 1 is 1.43 bits per heavy atom. The molecular weight excluding hydrogens is 280 g/mol. The van der Waals surface area contributed by atoms with Gasteiger partial charge in [-0.2, -0.15) is 0 Å². The molecule has 1 N–H and O–H groups in total. The molecule has 21 heavy (non-hydrogen) atoms. The Bertz CT molecular complexity index is 517. The first-order valence-electron chi connectivity index (χ1n) is 8.33. The highest BCUT2D eigenvalue weighted by molar-refractivity contribution is 7.10. The fourth-order valence-corrected chi connectivity index (χ4v) is 4.93. The second-order valence-electron chi connectivity index (χ2n) is 7.09. The van der Waals surface area contributed by atoms with Gasteiger partial charge >= 0.3 is 0 Å². The molecule has 2 aliphatic carbocycles. The summed E-state index contributed by atoms with van der Waals surface area (Å²) in [4.78, 5) is 16.6. The first-order valence-corrected chi connectivity index (χ1v) is 9.21. The highest BCUT2D eigenvalue weighted by atomic mass is 32.1. The maximum Gasteiger partial charge on any atom is 0.244 e. The van der Waals surface area contributed by atoms with Crippen LogP contribution in [0.2, 0.25) is 0 Å². The monoisotopic (exact) mass is 304 g/mol. The number of carbonyl (C=O) groups is 1. The van der Waals surface area contributed by atoms with Crippen molar-refractivity contribution in [3.05, 3.63) is 22.4 Å². The predicted octanol–water partition coefficient (Wildman–Crippen LogP) is 3.68. The van der Waals surface area contributed by atoms with Crippen molar-refractivity contribution in [1.82, 2.24) is 10.2 Å². The van der Waals surface area contributed by atoms with Gasteiger partial charge in [0.2, 0.25) is 5.91 Å². The second-order valence-corrected chi connectivity index (χ2v) is 8.07. The van der Waals surface area contributed by atoms with Gasteiger partial charge in [-0.1, -0.05) is 31.7 Å². The predicted molar refractivity (Wildman–Crippen MR) is 85.0 cm³/mol. The Kier molecular flexibility index (Phi) is 3.34. The number of amides is 1. The lowest BCUT2D eigenvalue weighted by Gasteiger charge is -2.30. The summed E-state index contributed by atoms with van der Waals surface area (Å²) in [6, 6.07) is 4.61. The minimum atomic E-state index is -0.257. The molecule has 3 aliphatic rings. The molecular formula is C17H24N2OS. The molecule has 2 heterocycles. The van der Waals surface area contributed by atoms with Crippen LogP contribution in [0.25, 0.3) is 0 Å². The normalized spacial score (nSPS) is 29.5.